The molecule has 0 aromatic heterocycles. The van der Waals surface area contributed by atoms with Gasteiger partial charge in [0.05, 0.1) is 22.9 Å². The molecule has 1 rings (SSSR count). The number of rotatable bonds is 0. The van der Waals surface area contributed by atoms with Gasteiger partial charge in [0.25, 0.3) is 0 Å². The quantitative estimate of drug-likeness (QED) is 0.471. The van der Waals surface area contributed by atoms with E-state index in [2.05, 4.69) is 39.8 Å². The Morgan fingerprint density at radius 1 is 1.70 bits per heavy atom. The van der Waals surface area contributed by atoms with E-state index >= 15 is 0 Å². The molecule has 0 spiro atoms. The van der Waals surface area contributed by atoms with Crippen LogP contribution in [0.5, 0.6) is 0 Å². The van der Waals surface area contributed by atoms with Crippen LogP contribution in [0.3, 0.4) is 0 Å². The number of nitrogens with zero attached hydrogens (tertiary/aromatic N) is 3. The normalized spacial score (nSPS) is 26.2. The Kier molecular flexibility index (Phi) is 3.11. The van der Waals surface area contributed by atoms with Crippen molar-refractivity contribution in [3.8, 4) is 0 Å². The van der Waals surface area contributed by atoms with E-state index in [1.54, 1.807) is 12.7 Å². The van der Waals surface area contributed by atoms with Crippen LogP contribution in [0, 0.1) is 5.92 Å². The Morgan fingerprint density at radius 2 is 2.50 bits per heavy atom. The van der Waals surface area contributed by atoms with Gasteiger partial charge in [-0.25, -0.2) is 4.99 Å². The lowest BCUT2D eigenvalue weighted by Gasteiger charge is -2.15. The number of hydrogen-bond donors (Lipinski definition) is 0. The van der Waals surface area contributed by atoms with Crippen LogP contribution < -0.4 is 0 Å². The Hall–Kier alpha value is -0.130. The SMILES string of the molecule is CC1CN=CN=CN(I)C1. The van der Waals surface area contributed by atoms with Crippen LogP contribution in [0.1, 0.15) is 6.92 Å². The molecule has 0 aromatic rings. The third kappa shape index (κ3) is 2.64. The highest BCUT2D eigenvalue weighted by molar-refractivity contribution is 14.1. The topological polar surface area (TPSA) is 28.0 Å². The van der Waals surface area contributed by atoms with Gasteiger partial charge in [-0.05, 0) is 5.92 Å². The molecule has 1 atom stereocenters. The van der Waals surface area contributed by atoms with E-state index < -0.39 is 0 Å². The molecule has 0 amide bonds. The van der Waals surface area contributed by atoms with Crippen LogP contribution >= 0.6 is 22.9 Å². The summed E-state index contributed by atoms with van der Waals surface area (Å²) in [5.74, 6) is 0.625. The Morgan fingerprint density at radius 3 is 3.30 bits per heavy atom. The van der Waals surface area contributed by atoms with E-state index in [4.69, 9.17) is 0 Å². The molecule has 0 bridgehead atoms. The molecule has 0 radical (unpaired) electrons. The molecule has 1 aliphatic rings. The van der Waals surface area contributed by atoms with Crippen molar-refractivity contribution in [2.45, 2.75) is 6.92 Å². The van der Waals surface area contributed by atoms with Gasteiger partial charge in [0.15, 0.2) is 0 Å². The highest BCUT2D eigenvalue weighted by atomic mass is 127. The minimum atomic E-state index is 0.625. The van der Waals surface area contributed by atoms with Gasteiger partial charge >= 0.3 is 0 Å². The fourth-order valence-electron chi connectivity index (χ4n) is 0.779. The summed E-state index contributed by atoms with van der Waals surface area (Å²) in [6.07, 6.45) is 3.40. The van der Waals surface area contributed by atoms with Crippen molar-refractivity contribution < 1.29 is 0 Å². The van der Waals surface area contributed by atoms with Crippen molar-refractivity contribution in [2.24, 2.45) is 15.9 Å². The zero-order chi connectivity index (χ0) is 7.40. The van der Waals surface area contributed by atoms with Gasteiger partial charge in [0, 0.05) is 13.1 Å². The average Bonchev–Trinajstić information content (AvgIpc) is 1.83. The molecule has 0 N–H and O–H groups in total. The molecule has 1 heterocycles. The van der Waals surface area contributed by atoms with Gasteiger partial charge < -0.3 is 3.11 Å². The number of aliphatic imine (C=N–C) groups is 2. The third-order valence-electron chi connectivity index (χ3n) is 1.24. The van der Waals surface area contributed by atoms with E-state index in [1.165, 1.54) is 0 Å². The van der Waals surface area contributed by atoms with Crippen LogP contribution in [-0.4, -0.2) is 28.9 Å². The first kappa shape index (κ1) is 7.97. The van der Waals surface area contributed by atoms with Crippen molar-refractivity contribution in [3.63, 3.8) is 0 Å². The molecular formula is C6H10IN3. The molecule has 10 heavy (non-hydrogen) atoms. The van der Waals surface area contributed by atoms with Gasteiger partial charge in [-0.2, -0.15) is 0 Å². The molecule has 3 nitrogen and oxygen atoms in total. The van der Waals surface area contributed by atoms with Crippen molar-refractivity contribution >= 4 is 35.5 Å². The van der Waals surface area contributed by atoms with Gasteiger partial charge in [-0.15, -0.1) is 0 Å². The van der Waals surface area contributed by atoms with Crippen LogP contribution in [0.15, 0.2) is 9.98 Å². The Labute approximate surface area is 74.7 Å². The molecule has 0 aromatic carbocycles. The minimum absolute atomic E-state index is 0.625. The molecule has 0 saturated heterocycles. The van der Waals surface area contributed by atoms with E-state index in [9.17, 15) is 0 Å². The van der Waals surface area contributed by atoms with Gasteiger partial charge in [0.2, 0.25) is 0 Å². The van der Waals surface area contributed by atoms with Crippen LogP contribution in [-0.2, 0) is 0 Å². The predicted molar refractivity (Wildman–Crippen MR) is 51.7 cm³/mol. The molecule has 1 unspecified atom stereocenters. The highest BCUT2D eigenvalue weighted by Crippen LogP contribution is 2.04. The van der Waals surface area contributed by atoms with Crippen molar-refractivity contribution in [2.75, 3.05) is 13.1 Å². The van der Waals surface area contributed by atoms with Gasteiger partial charge in [-0.1, -0.05) is 6.92 Å². The first-order valence-corrected chi connectivity index (χ1v) is 4.19. The van der Waals surface area contributed by atoms with E-state index in [-0.39, 0.29) is 0 Å². The van der Waals surface area contributed by atoms with Crippen molar-refractivity contribution in [3.05, 3.63) is 0 Å². The lowest BCUT2D eigenvalue weighted by atomic mass is 10.2. The largest absolute Gasteiger partial charge is 0.305 e. The van der Waals surface area contributed by atoms with Crippen molar-refractivity contribution in [1.82, 2.24) is 3.11 Å². The smallest absolute Gasteiger partial charge is 0.111 e. The summed E-state index contributed by atoms with van der Waals surface area (Å²) in [6, 6.07) is 0. The minimum Gasteiger partial charge on any atom is -0.305 e. The maximum atomic E-state index is 4.09. The molecule has 1 aliphatic heterocycles. The third-order valence-corrected chi connectivity index (χ3v) is 1.89. The van der Waals surface area contributed by atoms with E-state index in [0.717, 1.165) is 13.1 Å². The second-order valence-corrected chi connectivity index (χ2v) is 3.67. The summed E-state index contributed by atoms with van der Waals surface area (Å²) in [4.78, 5) is 8.04. The lowest BCUT2D eigenvalue weighted by Crippen LogP contribution is -2.20. The summed E-state index contributed by atoms with van der Waals surface area (Å²) in [5, 5.41) is 0. The molecule has 0 fully saturated rings. The highest BCUT2D eigenvalue weighted by Gasteiger charge is 2.04. The number of halogens is 1. The monoisotopic (exact) mass is 251 g/mol. The summed E-state index contributed by atoms with van der Waals surface area (Å²) >= 11 is 2.24. The fourth-order valence-corrected chi connectivity index (χ4v) is 1.60. The second kappa shape index (κ2) is 3.90. The molecule has 56 valence electrons. The summed E-state index contributed by atoms with van der Waals surface area (Å²) < 4.78 is 2.05. The van der Waals surface area contributed by atoms with E-state index in [0.29, 0.717) is 5.92 Å². The van der Waals surface area contributed by atoms with Crippen LogP contribution in [0.25, 0.3) is 0 Å². The number of hydrogen-bond acceptors (Lipinski definition) is 3. The predicted octanol–water partition coefficient (Wildman–Crippen LogP) is 1.34. The lowest BCUT2D eigenvalue weighted by molar-refractivity contribution is 0.519. The van der Waals surface area contributed by atoms with Crippen LogP contribution in [0.2, 0.25) is 0 Å². The van der Waals surface area contributed by atoms with Gasteiger partial charge in [-0.3, -0.25) is 4.99 Å². The molecule has 0 saturated carbocycles. The molecule has 4 heteroatoms. The summed E-state index contributed by atoms with van der Waals surface area (Å²) in [7, 11) is 0. The van der Waals surface area contributed by atoms with Gasteiger partial charge in [0.1, 0.15) is 12.7 Å². The first-order chi connectivity index (χ1) is 4.79. The second-order valence-electron chi connectivity index (χ2n) is 2.43. The molecular weight excluding hydrogens is 241 g/mol. The molecule has 0 aliphatic carbocycles. The standard InChI is InChI=1S/C6H10IN3/c1-6-2-8-4-9-5-10(7)3-6/h4-6H,2-3H2,1H3. The average molecular weight is 251 g/mol. The zero-order valence-corrected chi connectivity index (χ0v) is 8.02. The Balaban J connectivity index is 2.52. The van der Waals surface area contributed by atoms with E-state index in [1.807, 2.05) is 3.11 Å². The first-order valence-electron chi connectivity index (χ1n) is 3.23. The summed E-state index contributed by atoms with van der Waals surface area (Å²) in [6.45, 7) is 4.10. The Bertz CT molecular complexity index is 155. The fraction of sp³-hybridized carbons (Fsp3) is 0.667. The van der Waals surface area contributed by atoms with Crippen LogP contribution in [0.4, 0.5) is 0 Å². The van der Waals surface area contributed by atoms with Crippen molar-refractivity contribution in [1.29, 1.82) is 0 Å². The summed E-state index contributed by atoms with van der Waals surface area (Å²) in [5.41, 5.74) is 0. The zero-order valence-electron chi connectivity index (χ0n) is 5.87. The maximum absolute atomic E-state index is 4.09. The maximum Gasteiger partial charge on any atom is 0.111 e.